The van der Waals surface area contributed by atoms with E-state index < -0.39 is 42.4 Å². The fourth-order valence-electron chi connectivity index (χ4n) is 3.51. The lowest BCUT2D eigenvalue weighted by molar-refractivity contribution is -0.141. The van der Waals surface area contributed by atoms with Crippen LogP contribution in [0, 0.1) is 10.8 Å². The predicted octanol–water partition coefficient (Wildman–Crippen LogP) is 2.40. The zero-order valence-electron chi connectivity index (χ0n) is 19.1. The minimum Gasteiger partial charge on any atom is -0.481 e. The van der Waals surface area contributed by atoms with Gasteiger partial charge in [0.2, 0.25) is 0 Å². The molecule has 6 N–H and O–H groups in total. The van der Waals surface area contributed by atoms with Crippen LogP contribution in [0.4, 0.5) is 4.79 Å². The first-order chi connectivity index (χ1) is 14.0. The van der Waals surface area contributed by atoms with E-state index >= 15 is 0 Å². The van der Waals surface area contributed by atoms with Crippen molar-refractivity contribution >= 4 is 23.9 Å². The number of hydrogen-bond acceptors (Lipinski definition) is 5. The quantitative estimate of drug-likeness (QED) is 0.224. The van der Waals surface area contributed by atoms with Crippen LogP contribution in [-0.4, -0.2) is 57.9 Å². The molecule has 10 nitrogen and oxygen atoms in total. The van der Waals surface area contributed by atoms with Gasteiger partial charge in [-0.25, -0.2) is 14.4 Å². The summed E-state index contributed by atoms with van der Waals surface area (Å²) >= 11 is 0. The highest BCUT2D eigenvalue weighted by Gasteiger charge is 2.31. The van der Waals surface area contributed by atoms with Crippen molar-refractivity contribution < 1.29 is 34.5 Å². The normalized spacial score (nSPS) is 13.6. The number of rotatable bonds is 15. The van der Waals surface area contributed by atoms with Crippen molar-refractivity contribution in [2.75, 3.05) is 6.54 Å². The van der Waals surface area contributed by atoms with Crippen molar-refractivity contribution in [3.63, 3.8) is 0 Å². The van der Waals surface area contributed by atoms with Crippen LogP contribution in [0.15, 0.2) is 12.3 Å². The molecule has 0 spiro atoms. The molecule has 31 heavy (non-hydrogen) atoms. The van der Waals surface area contributed by atoms with Gasteiger partial charge >= 0.3 is 23.9 Å². The van der Waals surface area contributed by atoms with Crippen LogP contribution in [0.5, 0.6) is 0 Å². The summed E-state index contributed by atoms with van der Waals surface area (Å²) in [5.74, 6) is -3.82. The van der Waals surface area contributed by atoms with Gasteiger partial charge in [-0.15, -0.1) is 0 Å². The Morgan fingerprint density at radius 3 is 1.77 bits per heavy atom. The number of carbonyl (C=O) groups excluding carboxylic acids is 1. The van der Waals surface area contributed by atoms with E-state index in [0.717, 1.165) is 18.7 Å². The van der Waals surface area contributed by atoms with Crippen molar-refractivity contribution in [1.29, 1.82) is 0 Å². The maximum atomic E-state index is 12.1. The van der Waals surface area contributed by atoms with Crippen molar-refractivity contribution in [2.45, 2.75) is 78.8 Å². The molecule has 0 aliphatic carbocycles. The molecule has 0 saturated heterocycles. The first kappa shape index (κ1) is 28.2. The second-order valence-electron chi connectivity index (χ2n) is 9.51. The van der Waals surface area contributed by atoms with Gasteiger partial charge in [-0.3, -0.25) is 4.79 Å². The Bertz CT molecular complexity index is 674. The Kier molecular flexibility index (Phi) is 11.1. The Morgan fingerprint density at radius 1 is 0.871 bits per heavy atom. The number of carbonyl (C=O) groups is 4. The number of hydrogen-bond donors (Lipinski definition) is 6. The molecule has 0 aromatic carbocycles. The average Bonchev–Trinajstić information content (AvgIpc) is 2.59. The summed E-state index contributed by atoms with van der Waals surface area (Å²) < 4.78 is 0. The molecule has 0 fully saturated rings. The molecule has 0 rings (SSSR count). The molecular formula is C21H37N3O7. The smallest absolute Gasteiger partial charge is 0.326 e. The topological polar surface area (TPSA) is 165 Å². The van der Waals surface area contributed by atoms with E-state index in [9.17, 15) is 24.3 Å². The summed E-state index contributed by atoms with van der Waals surface area (Å²) in [4.78, 5) is 45.5. The van der Waals surface area contributed by atoms with E-state index in [4.69, 9.17) is 10.2 Å². The number of urea groups is 1. The third-order valence-corrected chi connectivity index (χ3v) is 4.79. The van der Waals surface area contributed by atoms with Crippen LogP contribution in [0.25, 0.3) is 0 Å². The molecule has 0 aliphatic heterocycles. The molecule has 10 heteroatoms. The minimum absolute atomic E-state index is 0.0647. The standard InChI is InChI=1S/C21H37N3O7/c1-13(2)22-12-21(5,6)11-20(3,4)10-9-15(18(29)30)24-19(31)23-14(17(27)28)7-8-16(25)26/h14-15,22H,1,7-12H2,2-6H3,(H,25,26)(H,27,28)(H,29,30)(H2,23,24,31). The fraction of sp³-hybridized carbons (Fsp3) is 0.714. The summed E-state index contributed by atoms with van der Waals surface area (Å²) in [5.41, 5.74) is 0.595. The van der Waals surface area contributed by atoms with Gasteiger partial charge in [0.05, 0.1) is 0 Å². The Balaban J connectivity index is 4.89. The number of nitrogens with one attached hydrogen (secondary N) is 3. The van der Waals surface area contributed by atoms with Gasteiger partial charge in [0.25, 0.3) is 0 Å². The molecule has 0 heterocycles. The number of allylic oxidation sites excluding steroid dienone is 1. The van der Waals surface area contributed by atoms with Gasteiger partial charge < -0.3 is 31.3 Å². The first-order valence-corrected chi connectivity index (χ1v) is 10.2. The van der Waals surface area contributed by atoms with Crippen LogP contribution >= 0.6 is 0 Å². The highest BCUT2D eigenvalue weighted by atomic mass is 16.4. The molecule has 0 radical (unpaired) electrons. The van der Waals surface area contributed by atoms with Crippen LogP contribution in [0.1, 0.15) is 66.7 Å². The maximum Gasteiger partial charge on any atom is 0.326 e. The number of amides is 2. The maximum absolute atomic E-state index is 12.1. The molecule has 0 aromatic rings. The number of carboxylic acid groups (broad SMARTS) is 3. The summed E-state index contributed by atoms with van der Waals surface area (Å²) in [5, 5.41) is 34.9. The zero-order chi connectivity index (χ0) is 24.4. The SMILES string of the molecule is C=C(C)NCC(C)(C)CC(C)(C)CCC(NC(=O)NC(CCC(=O)O)C(=O)O)C(=O)O. The van der Waals surface area contributed by atoms with Crippen LogP contribution in [0.2, 0.25) is 0 Å². The van der Waals surface area contributed by atoms with Crippen molar-refractivity contribution in [2.24, 2.45) is 10.8 Å². The lowest BCUT2D eigenvalue weighted by atomic mass is 9.72. The molecule has 0 aliphatic rings. The molecule has 2 unspecified atom stereocenters. The van der Waals surface area contributed by atoms with Gasteiger partial charge in [0, 0.05) is 18.7 Å². The number of carboxylic acids is 3. The minimum atomic E-state index is -1.43. The van der Waals surface area contributed by atoms with Crippen molar-refractivity contribution in [3.05, 3.63) is 12.3 Å². The van der Waals surface area contributed by atoms with E-state index in [1.807, 2.05) is 20.8 Å². The van der Waals surface area contributed by atoms with E-state index in [1.54, 1.807) is 0 Å². The lowest BCUT2D eigenvalue weighted by Gasteiger charge is -2.36. The Hall–Kier alpha value is -2.78. The summed E-state index contributed by atoms with van der Waals surface area (Å²) in [7, 11) is 0. The average molecular weight is 444 g/mol. The van der Waals surface area contributed by atoms with Gasteiger partial charge in [-0.2, -0.15) is 0 Å². The third-order valence-electron chi connectivity index (χ3n) is 4.79. The van der Waals surface area contributed by atoms with Gasteiger partial charge in [-0.1, -0.05) is 34.3 Å². The highest BCUT2D eigenvalue weighted by Crippen LogP contribution is 2.37. The fourth-order valence-corrected chi connectivity index (χ4v) is 3.51. The summed E-state index contributed by atoms with van der Waals surface area (Å²) in [6.45, 7) is 14.7. The van der Waals surface area contributed by atoms with E-state index in [2.05, 4.69) is 36.4 Å². The second-order valence-corrected chi connectivity index (χ2v) is 9.51. The van der Waals surface area contributed by atoms with Gasteiger partial charge in [0.1, 0.15) is 12.1 Å². The molecule has 2 amide bonds. The van der Waals surface area contributed by atoms with Crippen LogP contribution in [-0.2, 0) is 14.4 Å². The Labute approximate surface area is 183 Å². The second kappa shape index (κ2) is 12.2. The predicted molar refractivity (Wildman–Crippen MR) is 116 cm³/mol. The number of aliphatic carboxylic acids is 3. The molecule has 0 bridgehead atoms. The molecule has 178 valence electrons. The van der Waals surface area contributed by atoms with E-state index in [1.165, 1.54) is 0 Å². The monoisotopic (exact) mass is 443 g/mol. The van der Waals surface area contributed by atoms with Gasteiger partial charge in [-0.05, 0) is 43.4 Å². The van der Waals surface area contributed by atoms with Crippen LogP contribution < -0.4 is 16.0 Å². The Morgan fingerprint density at radius 2 is 1.35 bits per heavy atom. The third kappa shape index (κ3) is 13.2. The van der Waals surface area contributed by atoms with Gasteiger partial charge in [0.15, 0.2) is 0 Å². The highest BCUT2D eigenvalue weighted by molar-refractivity contribution is 5.86. The first-order valence-electron chi connectivity index (χ1n) is 10.2. The van der Waals surface area contributed by atoms with E-state index in [-0.39, 0.29) is 23.7 Å². The molecule has 0 aromatic heterocycles. The zero-order valence-corrected chi connectivity index (χ0v) is 19.1. The van der Waals surface area contributed by atoms with E-state index in [0.29, 0.717) is 6.42 Å². The van der Waals surface area contributed by atoms with Crippen molar-refractivity contribution in [3.8, 4) is 0 Å². The van der Waals surface area contributed by atoms with Crippen molar-refractivity contribution in [1.82, 2.24) is 16.0 Å². The van der Waals surface area contributed by atoms with Crippen LogP contribution in [0.3, 0.4) is 0 Å². The molecular weight excluding hydrogens is 406 g/mol. The largest absolute Gasteiger partial charge is 0.481 e. The molecule has 0 saturated carbocycles. The lowest BCUT2D eigenvalue weighted by Crippen LogP contribution is -2.51. The molecule has 2 atom stereocenters. The summed E-state index contributed by atoms with van der Waals surface area (Å²) in [6, 6.07) is -3.59. The summed E-state index contributed by atoms with van der Waals surface area (Å²) in [6.07, 6.45) is 0.726.